The molecule has 26 heavy (non-hydrogen) atoms. The third kappa shape index (κ3) is 6.27. The van der Waals surface area contributed by atoms with Crippen LogP contribution in [0.3, 0.4) is 0 Å². The second-order valence-corrected chi connectivity index (χ2v) is 9.18. The van der Waals surface area contributed by atoms with Gasteiger partial charge in [0.15, 0.2) is 0 Å². The summed E-state index contributed by atoms with van der Waals surface area (Å²) in [6.07, 6.45) is 1.69. The van der Waals surface area contributed by atoms with Crippen molar-refractivity contribution < 1.29 is 23.9 Å². The molecule has 0 spiro atoms. The molecule has 0 unspecified atom stereocenters. The molecular weight excluding hydrogens is 402 g/mol. The summed E-state index contributed by atoms with van der Waals surface area (Å²) < 4.78 is 11.3. The van der Waals surface area contributed by atoms with Gasteiger partial charge in [-0.15, -0.1) is 0 Å². The number of amides is 1. The van der Waals surface area contributed by atoms with Gasteiger partial charge in [-0.3, -0.25) is 4.79 Å². The summed E-state index contributed by atoms with van der Waals surface area (Å²) in [6, 6.07) is -0.449. The van der Waals surface area contributed by atoms with E-state index in [1.165, 1.54) is 6.92 Å². The molecule has 0 heterocycles. The van der Waals surface area contributed by atoms with Crippen molar-refractivity contribution in [3.8, 4) is 0 Å². The highest BCUT2D eigenvalue weighted by Crippen LogP contribution is 2.36. The Morgan fingerprint density at radius 3 is 1.88 bits per heavy atom. The Balaban J connectivity index is 3.43. The number of carbonyl (C=O) groups excluding carboxylic acids is 3. The Labute approximate surface area is 163 Å². The second-order valence-electron chi connectivity index (χ2n) is 8.32. The zero-order valence-corrected chi connectivity index (χ0v) is 18.2. The first-order valence-electron chi connectivity index (χ1n) is 8.48. The van der Waals surface area contributed by atoms with Gasteiger partial charge in [0.05, 0.1) is 17.2 Å². The van der Waals surface area contributed by atoms with E-state index in [1.54, 1.807) is 54.5 Å². The fraction of sp³-hybridized carbons (Fsp3) is 0.632. The number of rotatable bonds is 3. The predicted octanol–water partition coefficient (Wildman–Crippen LogP) is 3.40. The number of hydrogen-bond acceptors (Lipinski definition) is 5. The van der Waals surface area contributed by atoms with Gasteiger partial charge in [0.2, 0.25) is 5.91 Å². The van der Waals surface area contributed by atoms with Crippen LogP contribution in [-0.4, -0.2) is 35.1 Å². The molecule has 7 heteroatoms. The molecule has 0 aromatic heterocycles. The highest BCUT2D eigenvalue weighted by Gasteiger charge is 2.39. The van der Waals surface area contributed by atoms with Crippen molar-refractivity contribution in [3.05, 3.63) is 21.7 Å². The summed E-state index contributed by atoms with van der Waals surface area (Å²) in [7, 11) is 0. The maximum Gasteiger partial charge on any atom is 0.340 e. The zero-order chi connectivity index (χ0) is 20.4. The van der Waals surface area contributed by atoms with Crippen molar-refractivity contribution in [2.45, 2.75) is 72.6 Å². The molecule has 0 radical (unpaired) electrons. The summed E-state index contributed by atoms with van der Waals surface area (Å²) in [4.78, 5) is 37.1. The number of halogens is 1. The van der Waals surface area contributed by atoms with E-state index >= 15 is 0 Å². The molecule has 0 fully saturated rings. The number of esters is 2. The normalized spacial score (nSPS) is 21.0. The van der Waals surface area contributed by atoms with Crippen LogP contribution in [0.1, 0.15) is 55.4 Å². The lowest BCUT2D eigenvalue weighted by molar-refractivity contribution is -0.154. The first kappa shape index (κ1) is 22.4. The van der Waals surface area contributed by atoms with Crippen LogP contribution in [0, 0.1) is 5.92 Å². The van der Waals surface area contributed by atoms with Gasteiger partial charge in [0.1, 0.15) is 11.2 Å². The Bertz CT molecular complexity index is 664. The highest BCUT2D eigenvalue weighted by molar-refractivity contribution is 9.12. The van der Waals surface area contributed by atoms with E-state index in [4.69, 9.17) is 9.47 Å². The van der Waals surface area contributed by atoms with Gasteiger partial charge in [-0.1, -0.05) is 22.9 Å². The number of carbonyl (C=O) groups is 3. The molecule has 1 N–H and O–H groups in total. The van der Waals surface area contributed by atoms with Crippen LogP contribution in [-0.2, 0) is 23.9 Å². The summed E-state index contributed by atoms with van der Waals surface area (Å²) >= 11 is 3.35. The highest BCUT2D eigenvalue weighted by atomic mass is 79.9. The monoisotopic (exact) mass is 429 g/mol. The molecule has 0 saturated carbocycles. The molecule has 0 aromatic rings. The smallest absolute Gasteiger partial charge is 0.340 e. The first-order chi connectivity index (χ1) is 11.6. The SMILES string of the molecule is CC(=O)N[C@H]1C=C(Br)C(C(=O)OC(C)(C)C)=C(C(=O)OC(C)(C)C)[C@@H]1C. The first-order valence-corrected chi connectivity index (χ1v) is 9.27. The van der Waals surface area contributed by atoms with Gasteiger partial charge in [-0.2, -0.15) is 0 Å². The summed E-state index contributed by atoms with van der Waals surface area (Å²) in [5.74, 6) is -1.92. The van der Waals surface area contributed by atoms with Crippen LogP contribution in [0.25, 0.3) is 0 Å². The van der Waals surface area contributed by atoms with E-state index in [-0.39, 0.29) is 17.1 Å². The van der Waals surface area contributed by atoms with Gasteiger partial charge in [0, 0.05) is 17.3 Å². The fourth-order valence-electron chi connectivity index (χ4n) is 2.48. The fourth-order valence-corrected chi connectivity index (χ4v) is 3.14. The standard InChI is InChI=1S/C19H28BrNO5/c1-10-13(21-11(2)22)9-12(20)15(17(24)26-19(6,7)8)14(10)16(23)25-18(3,4)5/h9-10,13H,1-8H3,(H,21,22)/t10-,13+/m1/s1. The molecule has 1 rings (SSSR count). The molecule has 1 amide bonds. The molecule has 6 nitrogen and oxygen atoms in total. The van der Waals surface area contributed by atoms with Gasteiger partial charge in [-0.05, 0) is 47.6 Å². The van der Waals surface area contributed by atoms with Gasteiger partial charge in [0.25, 0.3) is 0 Å². The van der Waals surface area contributed by atoms with E-state index in [0.717, 1.165) is 0 Å². The third-order valence-electron chi connectivity index (χ3n) is 3.42. The summed E-state index contributed by atoms with van der Waals surface area (Å²) in [5, 5.41) is 2.78. The van der Waals surface area contributed by atoms with Crippen LogP contribution in [0.15, 0.2) is 21.7 Å². The van der Waals surface area contributed by atoms with Crippen molar-refractivity contribution in [3.63, 3.8) is 0 Å². The Morgan fingerprint density at radius 2 is 1.46 bits per heavy atom. The lowest BCUT2D eigenvalue weighted by Gasteiger charge is -2.32. The Morgan fingerprint density at radius 1 is 1.00 bits per heavy atom. The summed E-state index contributed by atoms with van der Waals surface area (Å²) in [6.45, 7) is 13.7. The Kier molecular flexibility index (Phi) is 6.85. The van der Waals surface area contributed by atoms with E-state index in [1.807, 2.05) is 0 Å². The van der Waals surface area contributed by atoms with Crippen LogP contribution in [0.5, 0.6) is 0 Å². The molecule has 1 aliphatic rings. The molecular formula is C19H28BrNO5. The average molecular weight is 430 g/mol. The van der Waals surface area contributed by atoms with Crippen LogP contribution >= 0.6 is 15.9 Å². The van der Waals surface area contributed by atoms with E-state index in [2.05, 4.69) is 21.2 Å². The molecule has 146 valence electrons. The van der Waals surface area contributed by atoms with Crippen molar-refractivity contribution in [1.29, 1.82) is 0 Å². The van der Waals surface area contributed by atoms with Crippen molar-refractivity contribution in [2.24, 2.45) is 5.92 Å². The average Bonchev–Trinajstić information content (AvgIpc) is 2.37. The largest absolute Gasteiger partial charge is 0.457 e. The van der Waals surface area contributed by atoms with Gasteiger partial charge in [-0.25, -0.2) is 9.59 Å². The number of hydrogen-bond donors (Lipinski definition) is 1. The minimum atomic E-state index is -0.722. The predicted molar refractivity (Wildman–Crippen MR) is 102 cm³/mol. The minimum Gasteiger partial charge on any atom is -0.457 e. The van der Waals surface area contributed by atoms with Crippen molar-refractivity contribution in [2.75, 3.05) is 0 Å². The Hall–Kier alpha value is -1.63. The molecule has 2 atom stereocenters. The van der Waals surface area contributed by atoms with Crippen LogP contribution in [0.4, 0.5) is 0 Å². The van der Waals surface area contributed by atoms with Crippen LogP contribution < -0.4 is 5.32 Å². The van der Waals surface area contributed by atoms with E-state index in [9.17, 15) is 14.4 Å². The molecule has 0 aromatic carbocycles. The van der Waals surface area contributed by atoms with Crippen molar-refractivity contribution >= 4 is 33.8 Å². The minimum absolute atomic E-state index is 0.128. The lowest BCUT2D eigenvalue weighted by atomic mass is 9.84. The number of nitrogens with one attached hydrogen (secondary N) is 1. The van der Waals surface area contributed by atoms with Gasteiger partial charge >= 0.3 is 11.9 Å². The number of ether oxygens (including phenoxy) is 2. The molecule has 0 bridgehead atoms. The van der Waals surface area contributed by atoms with E-state index in [0.29, 0.717) is 4.48 Å². The quantitative estimate of drug-likeness (QED) is 0.695. The second kappa shape index (κ2) is 7.94. The summed E-state index contributed by atoms with van der Waals surface area (Å²) in [5.41, 5.74) is -1.13. The van der Waals surface area contributed by atoms with Gasteiger partial charge < -0.3 is 14.8 Å². The molecule has 0 aliphatic heterocycles. The topological polar surface area (TPSA) is 81.7 Å². The zero-order valence-electron chi connectivity index (χ0n) is 16.7. The van der Waals surface area contributed by atoms with Crippen LogP contribution in [0.2, 0.25) is 0 Å². The van der Waals surface area contributed by atoms with Crippen molar-refractivity contribution in [1.82, 2.24) is 5.32 Å². The molecule has 0 saturated heterocycles. The molecule has 1 aliphatic carbocycles. The lowest BCUT2D eigenvalue weighted by Crippen LogP contribution is -2.43. The maximum atomic E-state index is 12.8. The maximum absolute atomic E-state index is 12.8. The third-order valence-corrected chi connectivity index (χ3v) is 4.08. The van der Waals surface area contributed by atoms with E-state index < -0.39 is 35.1 Å².